The van der Waals surface area contributed by atoms with Crippen LogP contribution >= 0.6 is 11.6 Å². The number of nitrogens with zero attached hydrogens (tertiary/aromatic N) is 5. The van der Waals surface area contributed by atoms with Crippen molar-refractivity contribution in [1.29, 1.82) is 0 Å². The van der Waals surface area contributed by atoms with E-state index in [1.165, 1.54) is 6.33 Å². The highest BCUT2D eigenvalue weighted by Gasteiger charge is 2.13. The number of aromatic nitrogens is 4. The minimum absolute atomic E-state index is 0.414. The molecule has 0 saturated heterocycles. The van der Waals surface area contributed by atoms with Crippen molar-refractivity contribution in [2.75, 3.05) is 18.4 Å². The normalized spacial score (nSPS) is 12.0. The summed E-state index contributed by atoms with van der Waals surface area (Å²) in [6, 6.07) is 2.80. The van der Waals surface area contributed by atoms with Crippen LogP contribution in [0.4, 0.5) is 5.82 Å². The molecule has 2 aromatic heterocycles. The third-order valence-corrected chi connectivity index (χ3v) is 3.42. The zero-order valence-electron chi connectivity index (χ0n) is 12.3. The Kier molecular flexibility index (Phi) is 4.77. The molecule has 0 unspecified atom stereocenters. The fourth-order valence-electron chi connectivity index (χ4n) is 2.34. The molecular weight excluding hydrogens is 276 g/mol. The van der Waals surface area contributed by atoms with Gasteiger partial charge in [0.1, 0.15) is 17.3 Å². The van der Waals surface area contributed by atoms with Gasteiger partial charge in [0.15, 0.2) is 0 Å². The Morgan fingerprint density at radius 2 is 2.00 bits per heavy atom. The van der Waals surface area contributed by atoms with E-state index in [-0.39, 0.29) is 0 Å². The molecule has 2 rings (SSSR count). The van der Waals surface area contributed by atoms with Gasteiger partial charge in [-0.15, -0.1) is 0 Å². The highest BCUT2D eigenvalue weighted by Crippen LogP contribution is 2.14. The van der Waals surface area contributed by atoms with Crippen LogP contribution in [0.15, 0.2) is 12.4 Å². The second-order valence-electron chi connectivity index (χ2n) is 5.29. The van der Waals surface area contributed by atoms with E-state index in [4.69, 9.17) is 11.6 Å². The molecule has 1 N–H and O–H groups in total. The number of nitrogens with one attached hydrogen (secondary N) is 1. The lowest BCUT2D eigenvalue weighted by atomic mass is 10.2. The van der Waals surface area contributed by atoms with Gasteiger partial charge in [-0.3, -0.25) is 4.90 Å². The van der Waals surface area contributed by atoms with Crippen molar-refractivity contribution < 1.29 is 0 Å². The van der Waals surface area contributed by atoms with E-state index in [1.54, 1.807) is 10.6 Å². The molecular formula is C13H21ClN6. The predicted octanol–water partition coefficient (Wildman–Crippen LogP) is 2.31. The van der Waals surface area contributed by atoms with Crippen molar-refractivity contribution in [2.24, 2.45) is 0 Å². The van der Waals surface area contributed by atoms with Crippen molar-refractivity contribution in [3.8, 4) is 0 Å². The summed E-state index contributed by atoms with van der Waals surface area (Å²) >= 11 is 5.98. The van der Waals surface area contributed by atoms with Crippen molar-refractivity contribution in [3.63, 3.8) is 0 Å². The zero-order valence-corrected chi connectivity index (χ0v) is 13.1. The maximum Gasteiger partial charge on any atom is 0.255 e. The molecule has 0 atom stereocenters. The van der Waals surface area contributed by atoms with E-state index >= 15 is 0 Å². The first-order valence-corrected chi connectivity index (χ1v) is 7.22. The Balaban J connectivity index is 2.04. The minimum atomic E-state index is 0.414. The number of hydrogen-bond donors (Lipinski definition) is 1. The van der Waals surface area contributed by atoms with Crippen LogP contribution in [0, 0.1) is 0 Å². The van der Waals surface area contributed by atoms with Gasteiger partial charge >= 0.3 is 0 Å². The van der Waals surface area contributed by atoms with Crippen molar-refractivity contribution in [3.05, 3.63) is 17.5 Å². The molecule has 110 valence electrons. The van der Waals surface area contributed by atoms with Crippen LogP contribution in [0.5, 0.6) is 0 Å². The summed E-state index contributed by atoms with van der Waals surface area (Å²) in [5.74, 6) is 1.31. The van der Waals surface area contributed by atoms with Crippen LogP contribution in [0.3, 0.4) is 0 Å². The maximum atomic E-state index is 5.98. The highest BCUT2D eigenvalue weighted by molar-refractivity contribution is 6.29. The Morgan fingerprint density at radius 3 is 2.65 bits per heavy atom. The smallest absolute Gasteiger partial charge is 0.255 e. The van der Waals surface area contributed by atoms with Crippen LogP contribution < -0.4 is 5.32 Å². The van der Waals surface area contributed by atoms with Gasteiger partial charge in [-0.05, 0) is 27.7 Å². The van der Waals surface area contributed by atoms with E-state index in [2.05, 4.69) is 53.0 Å². The minimum Gasteiger partial charge on any atom is -0.369 e. The standard InChI is InChI=1S/C13H21ClN6/c1-9(2)19(10(3)4)6-5-15-12-7-11(14)18-13-16-8-17-20(12)13/h7-10,15H,5-6H2,1-4H3. The quantitative estimate of drug-likeness (QED) is 0.829. The number of rotatable bonds is 6. The van der Waals surface area contributed by atoms with Gasteiger partial charge in [-0.25, -0.2) is 0 Å². The summed E-state index contributed by atoms with van der Waals surface area (Å²) < 4.78 is 1.65. The third kappa shape index (κ3) is 3.37. The van der Waals surface area contributed by atoms with Crippen LogP contribution in [-0.2, 0) is 0 Å². The maximum absolute atomic E-state index is 5.98. The molecule has 0 aromatic carbocycles. The Bertz CT molecular complexity index is 557. The van der Waals surface area contributed by atoms with Crippen molar-refractivity contribution >= 4 is 23.2 Å². The number of anilines is 1. The molecule has 0 fully saturated rings. The highest BCUT2D eigenvalue weighted by atomic mass is 35.5. The largest absolute Gasteiger partial charge is 0.369 e. The van der Waals surface area contributed by atoms with Crippen molar-refractivity contribution in [2.45, 2.75) is 39.8 Å². The molecule has 0 saturated carbocycles. The van der Waals surface area contributed by atoms with E-state index in [0.29, 0.717) is 23.0 Å². The Hall–Kier alpha value is -1.40. The first-order valence-electron chi connectivity index (χ1n) is 6.85. The molecule has 0 radical (unpaired) electrons. The Morgan fingerprint density at radius 1 is 1.30 bits per heavy atom. The second kappa shape index (κ2) is 6.37. The SMILES string of the molecule is CC(C)N(CCNc1cc(Cl)nc2ncnn12)C(C)C. The lowest BCUT2D eigenvalue weighted by Gasteiger charge is -2.30. The predicted molar refractivity (Wildman–Crippen MR) is 81.3 cm³/mol. The lowest BCUT2D eigenvalue weighted by molar-refractivity contribution is 0.182. The third-order valence-electron chi connectivity index (χ3n) is 3.22. The summed E-state index contributed by atoms with van der Waals surface area (Å²) in [7, 11) is 0. The fraction of sp³-hybridized carbons (Fsp3) is 0.615. The molecule has 2 heterocycles. The van der Waals surface area contributed by atoms with E-state index in [9.17, 15) is 0 Å². The first-order chi connectivity index (χ1) is 9.49. The van der Waals surface area contributed by atoms with Crippen LogP contribution in [0.2, 0.25) is 5.15 Å². The van der Waals surface area contributed by atoms with Gasteiger partial charge in [-0.2, -0.15) is 19.6 Å². The zero-order chi connectivity index (χ0) is 14.7. The number of hydrogen-bond acceptors (Lipinski definition) is 5. The molecule has 0 spiro atoms. The van der Waals surface area contributed by atoms with Crippen LogP contribution in [0.1, 0.15) is 27.7 Å². The molecule has 7 heteroatoms. The van der Waals surface area contributed by atoms with E-state index in [1.807, 2.05) is 0 Å². The molecule has 2 aromatic rings. The monoisotopic (exact) mass is 296 g/mol. The average molecular weight is 297 g/mol. The summed E-state index contributed by atoms with van der Waals surface area (Å²) in [5, 5.41) is 7.90. The molecule has 0 bridgehead atoms. The lowest BCUT2D eigenvalue weighted by Crippen LogP contribution is -2.40. The number of fused-ring (bicyclic) bond motifs is 1. The van der Waals surface area contributed by atoms with Gasteiger partial charge in [-0.1, -0.05) is 11.6 Å². The molecule has 0 aliphatic heterocycles. The van der Waals surface area contributed by atoms with Gasteiger partial charge in [0.2, 0.25) is 0 Å². The average Bonchev–Trinajstić information content (AvgIpc) is 2.81. The molecule has 0 amide bonds. The molecule has 0 aliphatic rings. The Labute approximate surface area is 124 Å². The van der Waals surface area contributed by atoms with E-state index in [0.717, 1.165) is 18.9 Å². The number of halogens is 1. The summed E-state index contributed by atoms with van der Waals surface area (Å²) in [4.78, 5) is 10.6. The summed E-state index contributed by atoms with van der Waals surface area (Å²) in [6.45, 7) is 10.6. The van der Waals surface area contributed by atoms with Crippen molar-refractivity contribution in [1.82, 2.24) is 24.5 Å². The fourth-order valence-corrected chi connectivity index (χ4v) is 2.51. The van der Waals surface area contributed by atoms with Gasteiger partial charge < -0.3 is 5.32 Å². The van der Waals surface area contributed by atoms with Crippen LogP contribution in [0.25, 0.3) is 5.78 Å². The molecule has 0 aliphatic carbocycles. The summed E-state index contributed by atoms with van der Waals surface area (Å²) in [6.07, 6.45) is 1.47. The molecule has 6 nitrogen and oxygen atoms in total. The second-order valence-corrected chi connectivity index (χ2v) is 5.68. The van der Waals surface area contributed by atoms with Gasteiger partial charge in [0.25, 0.3) is 5.78 Å². The topological polar surface area (TPSA) is 58.3 Å². The first kappa shape index (κ1) is 15.0. The molecule has 20 heavy (non-hydrogen) atoms. The van der Waals surface area contributed by atoms with Gasteiger partial charge in [0.05, 0.1) is 0 Å². The van der Waals surface area contributed by atoms with Gasteiger partial charge in [0, 0.05) is 31.2 Å². The van der Waals surface area contributed by atoms with Crippen LogP contribution in [-0.4, -0.2) is 49.7 Å². The summed E-state index contributed by atoms with van der Waals surface area (Å²) in [5.41, 5.74) is 0. The van der Waals surface area contributed by atoms with E-state index < -0.39 is 0 Å².